The summed E-state index contributed by atoms with van der Waals surface area (Å²) in [6, 6.07) is 13.2. The smallest absolute Gasteiger partial charge is 0.410 e. The van der Waals surface area contributed by atoms with Gasteiger partial charge in [-0.1, -0.05) is 53.5 Å². The molecule has 5 rings (SSSR count). The van der Waals surface area contributed by atoms with Crippen molar-refractivity contribution in [2.24, 2.45) is 0 Å². The summed E-state index contributed by atoms with van der Waals surface area (Å²) in [6.07, 6.45) is -0.728. The number of ether oxygens (including phenoxy) is 3. The molecule has 0 spiro atoms. The molecule has 0 saturated heterocycles. The Kier molecular flexibility index (Phi) is 9.68. The van der Waals surface area contributed by atoms with Crippen LogP contribution < -0.4 is 4.74 Å². The van der Waals surface area contributed by atoms with Crippen molar-refractivity contribution in [3.63, 3.8) is 0 Å². The van der Waals surface area contributed by atoms with Gasteiger partial charge in [0.25, 0.3) is 0 Å². The van der Waals surface area contributed by atoms with Crippen molar-refractivity contribution < 1.29 is 33.7 Å². The van der Waals surface area contributed by atoms with E-state index in [2.05, 4.69) is 15.9 Å². The van der Waals surface area contributed by atoms with E-state index in [-0.39, 0.29) is 51.2 Å². The number of rotatable bonds is 4. The summed E-state index contributed by atoms with van der Waals surface area (Å²) in [4.78, 5) is 42.5. The minimum Gasteiger partial charge on any atom is -0.503 e. The van der Waals surface area contributed by atoms with Gasteiger partial charge >= 0.3 is 12.1 Å². The average molecular weight is 666 g/mol. The Morgan fingerprint density at radius 2 is 1.73 bits per heavy atom. The fraction of sp³-hybridized carbons (Fsp3) is 0.276. The molecule has 41 heavy (non-hydrogen) atoms. The molecule has 0 fully saturated rings. The second-order valence-electron chi connectivity index (χ2n) is 9.48. The van der Waals surface area contributed by atoms with Crippen LogP contribution in [0.4, 0.5) is 4.79 Å². The van der Waals surface area contributed by atoms with Gasteiger partial charge in [-0.2, -0.15) is 0 Å². The Morgan fingerprint density at radius 1 is 1.10 bits per heavy atom. The van der Waals surface area contributed by atoms with Gasteiger partial charge < -0.3 is 24.2 Å². The lowest BCUT2D eigenvalue weighted by molar-refractivity contribution is -0.153. The van der Waals surface area contributed by atoms with Crippen molar-refractivity contribution >= 4 is 57.1 Å². The molecule has 2 amide bonds. The van der Waals surface area contributed by atoms with Crippen LogP contribution in [0.1, 0.15) is 16.7 Å². The number of phenolic OH excluding ortho intramolecular Hbond substituents is 1. The van der Waals surface area contributed by atoms with E-state index in [1.807, 2.05) is 30.3 Å². The van der Waals surface area contributed by atoms with Crippen LogP contribution in [0.5, 0.6) is 17.2 Å². The second kappa shape index (κ2) is 13.0. The molecule has 1 N–H and O–H groups in total. The van der Waals surface area contributed by atoms with Gasteiger partial charge in [0.15, 0.2) is 17.2 Å². The van der Waals surface area contributed by atoms with Gasteiger partial charge in [-0.15, -0.1) is 0 Å². The van der Waals surface area contributed by atoms with Crippen LogP contribution in [0.25, 0.3) is 0 Å². The van der Waals surface area contributed by atoms with Crippen molar-refractivity contribution in [2.75, 3.05) is 21.2 Å². The molecule has 9 nitrogen and oxygen atoms in total. The molecule has 2 aliphatic heterocycles. The first-order valence-corrected chi connectivity index (χ1v) is 14.0. The minimum atomic E-state index is -1.10. The number of fused-ring (bicyclic) bond motifs is 7. The number of likely N-dealkylation sites (N-methyl/N-ethyl adjacent to an activating group) is 2. The zero-order valence-corrected chi connectivity index (χ0v) is 25.5. The summed E-state index contributed by atoms with van der Waals surface area (Å²) in [5.41, 5.74) is 1.84. The largest absolute Gasteiger partial charge is 0.503 e. The fourth-order valence-electron chi connectivity index (χ4n) is 4.45. The Morgan fingerprint density at radius 3 is 2.37 bits per heavy atom. The van der Waals surface area contributed by atoms with Gasteiger partial charge in [0.05, 0.1) is 21.6 Å². The second-order valence-corrected chi connectivity index (χ2v) is 11.1. The predicted octanol–water partition coefficient (Wildman–Crippen LogP) is 5.99. The summed E-state index contributed by atoms with van der Waals surface area (Å²) in [5, 5.41) is 10.9. The van der Waals surface area contributed by atoms with Crippen LogP contribution >= 0.6 is 39.1 Å². The van der Waals surface area contributed by atoms with E-state index >= 15 is 0 Å². The highest BCUT2D eigenvalue weighted by molar-refractivity contribution is 9.10. The van der Waals surface area contributed by atoms with Crippen LogP contribution in [-0.2, 0) is 38.5 Å². The number of aromatic hydroxyl groups is 1. The summed E-state index contributed by atoms with van der Waals surface area (Å²) >= 11 is 16.4. The first-order valence-electron chi connectivity index (χ1n) is 12.4. The number of nitrogens with zero attached hydrogens (tertiary/aromatic N) is 2. The van der Waals surface area contributed by atoms with Crippen molar-refractivity contribution in [2.45, 2.75) is 31.5 Å². The third-order valence-corrected chi connectivity index (χ3v) is 7.92. The highest BCUT2D eigenvalue weighted by atomic mass is 79.9. The van der Waals surface area contributed by atoms with E-state index in [0.717, 1.165) is 5.56 Å². The Bertz CT molecular complexity index is 1450. The van der Waals surface area contributed by atoms with E-state index in [4.69, 9.17) is 37.4 Å². The molecule has 3 aromatic carbocycles. The van der Waals surface area contributed by atoms with E-state index in [0.29, 0.717) is 11.1 Å². The zero-order chi connectivity index (χ0) is 29.8. The monoisotopic (exact) mass is 664 g/mol. The highest BCUT2D eigenvalue weighted by Gasteiger charge is 2.37. The molecular formula is C29H27BrCl2N2O7. The Labute approximate surface area is 255 Å². The third kappa shape index (κ3) is 6.89. The lowest BCUT2D eigenvalue weighted by Gasteiger charge is -2.34. The van der Waals surface area contributed by atoms with E-state index in [1.165, 1.54) is 37.1 Å². The van der Waals surface area contributed by atoms with Crippen LogP contribution in [0.15, 0.2) is 59.1 Å². The van der Waals surface area contributed by atoms with E-state index in [1.54, 1.807) is 18.2 Å². The minimum absolute atomic E-state index is 0.00415. The number of esters is 1. The van der Waals surface area contributed by atoms with Gasteiger partial charge in [-0.05, 0) is 56.9 Å². The molecule has 0 saturated carbocycles. The van der Waals surface area contributed by atoms with Crippen molar-refractivity contribution in [1.82, 2.24) is 9.80 Å². The maximum Gasteiger partial charge on any atom is 0.410 e. The summed E-state index contributed by atoms with van der Waals surface area (Å²) in [6.45, 7) is 0.00725. The Hall–Kier alpha value is -3.47. The molecule has 2 heterocycles. The summed E-state index contributed by atoms with van der Waals surface area (Å²) < 4.78 is 16.7. The van der Waals surface area contributed by atoms with Gasteiger partial charge in [0, 0.05) is 26.9 Å². The van der Waals surface area contributed by atoms with Gasteiger partial charge in [-0.25, -0.2) is 9.59 Å². The van der Waals surface area contributed by atoms with Crippen LogP contribution in [-0.4, -0.2) is 66.2 Å². The number of halogens is 3. The SMILES string of the molecule is COC(=O)[C@@H]1Cc2cc(Br)c(O)c(c2)Oc2c(Cl)cc(cc2Cl)C[C@H](N(C)C(=O)OCc2ccccc2)C(=O)N1C. The molecule has 4 bridgehead atoms. The number of hydrogen-bond donors (Lipinski definition) is 1. The first kappa shape index (κ1) is 30.5. The fourth-order valence-corrected chi connectivity index (χ4v) is 5.55. The quantitative estimate of drug-likeness (QED) is 0.341. The number of carbonyl (C=O) groups is 3. The first-order chi connectivity index (χ1) is 19.5. The molecule has 2 atom stereocenters. The van der Waals surface area contributed by atoms with Crippen LogP contribution in [0, 0.1) is 0 Å². The Balaban J connectivity index is 1.77. The van der Waals surface area contributed by atoms with Crippen molar-refractivity contribution in [3.8, 4) is 17.2 Å². The maximum atomic E-state index is 14.0. The molecule has 0 aromatic heterocycles. The van der Waals surface area contributed by atoms with Gasteiger partial charge in [-0.3, -0.25) is 9.69 Å². The number of hydrogen-bond acceptors (Lipinski definition) is 7. The van der Waals surface area contributed by atoms with E-state index in [9.17, 15) is 19.5 Å². The number of benzene rings is 3. The molecule has 0 radical (unpaired) electrons. The van der Waals surface area contributed by atoms with Gasteiger partial charge in [0.1, 0.15) is 18.7 Å². The van der Waals surface area contributed by atoms with Gasteiger partial charge in [0.2, 0.25) is 5.91 Å². The lowest BCUT2D eigenvalue weighted by Crippen LogP contribution is -2.54. The predicted molar refractivity (Wildman–Crippen MR) is 157 cm³/mol. The molecule has 0 aliphatic carbocycles. The van der Waals surface area contributed by atoms with Crippen molar-refractivity contribution in [1.29, 1.82) is 0 Å². The van der Waals surface area contributed by atoms with E-state index < -0.39 is 30.1 Å². The molecule has 2 aliphatic rings. The normalized spacial score (nSPS) is 16.9. The highest BCUT2D eigenvalue weighted by Crippen LogP contribution is 2.43. The third-order valence-electron chi connectivity index (χ3n) is 6.75. The molecule has 0 unspecified atom stereocenters. The maximum absolute atomic E-state index is 14.0. The van der Waals surface area contributed by atoms with Crippen molar-refractivity contribution in [3.05, 3.63) is 85.8 Å². The molecule has 216 valence electrons. The molecule has 3 aromatic rings. The molecule has 12 heteroatoms. The van der Waals surface area contributed by atoms with Crippen LogP contribution in [0.3, 0.4) is 0 Å². The molecular weight excluding hydrogens is 639 g/mol. The standard InChI is InChI=1S/C29H27BrCl2N2O7/c1-33-23(28(37)39-3)13-17-9-19(30)25(35)24(14-17)41-26-20(31)10-18(11-21(26)32)12-22(27(33)36)34(2)29(38)40-15-16-7-5-4-6-8-16/h4-11,14,22-23,35H,12-13,15H2,1-3H3/t22-,23-/m0/s1. The summed E-state index contributed by atoms with van der Waals surface area (Å²) in [5.74, 6) is -1.27. The number of amides is 2. The number of methoxy groups -OCH3 is 1. The zero-order valence-electron chi connectivity index (χ0n) is 22.4. The average Bonchev–Trinajstić information content (AvgIpc) is 2.96. The number of carbonyl (C=O) groups excluding carboxylic acids is 3. The summed E-state index contributed by atoms with van der Waals surface area (Å²) in [7, 11) is 4.13. The lowest BCUT2D eigenvalue weighted by atomic mass is 10.00. The number of phenols is 1. The topological polar surface area (TPSA) is 106 Å². The van der Waals surface area contributed by atoms with Crippen LogP contribution in [0.2, 0.25) is 10.0 Å².